The first-order chi connectivity index (χ1) is 13.5. The molecule has 0 unspecified atom stereocenters. The molecule has 4 amide bonds. The Hall–Kier alpha value is -3.36. The van der Waals surface area contributed by atoms with Crippen molar-refractivity contribution in [3.63, 3.8) is 0 Å². The van der Waals surface area contributed by atoms with Gasteiger partial charge in [0.25, 0.3) is 11.8 Å². The molecule has 4 rings (SSSR count). The fraction of sp³-hybridized carbons (Fsp3) is 0.368. The van der Waals surface area contributed by atoms with Gasteiger partial charge in [0.1, 0.15) is 13.2 Å². The zero-order chi connectivity index (χ0) is 19.7. The third-order valence-corrected chi connectivity index (χ3v) is 5.03. The van der Waals surface area contributed by atoms with E-state index in [4.69, 9.17) is 9.47 Å². The van der Waals surface area contributed by atoms with Gasteiger partial charge in [0.2, 0.25) is 17.9 Å². The molecule has 3 atom stereocenters. The largest absolute Gasteiger partial charge is 0.485 e. The monoisotopic (exact) mass is 385 g/mol. The van der Waals surface area contributed by atoms with Crippen LogP contribution in [0.3, 0.4) is 0 Å². The topological polar surface area (TPSA) is 114 Å². The molecular formula is C19H19N3O6. The lowest BCUT2D eigenvalue weighted by atomic mass is 9.85. The number of likely N-dealkylation sites (tertiary alicyclic amines) is 1. The molecule has 3 aliphatic rings. The molecule has 146 valence electrons. The van der Waals surface area contributed by atoms with Gasteiger partial charge in [0.15, 0.2) is 11.5 Å². The summed E-state index contributed by atoms with van der Waals surface area (Å²) in [5, 5.41) is 0. The van der Waals surface area contributed by atoms with Crippen molar-refractivity contribution in [1.82, 2.24) is 15.8 Å². The Balaban J connectivity index is 1.29. The highest BCUT2D eigenvalue weighted by Gasteiger charge is 2.47. The van der Waals surface area contributed by atoms with E-state index in [1.807, 2.05) is 12.2 Å². The summed E-state index contributed by atoms with van der Waals surface area (Å²) in [5.41, 5.74) is 4.46. The number of ether oxygens (including phenoxy) is 2. The normalized spacial score (nSPS) is 25.3. The molecule has 1 saturated heterocycles. The Morgan fingerprint density at radius 1 is 1.00 bits per heavy atom. The van der Waals surface area contributed by atoms with Crippen molar-refractivity contribution in [2.24, 2.45) is 11.8 Å². The number of rotatable bonds is 3. The lowest BCUT2D eigenvalue weighted by Crippen LogP contribution is -2.53. The zero-order valence-corrected chi connectivity index (χ0v) is 14.9. The Morgan fingerprint density at radius 2 is 1.64 bits per heavy atom. The van der Waals surface area contributed by atoms with Crippen LogP contribution in [0.15, 0.2) is 36.4 Å². The summed E-state index contributed by atoms with van der Waals surface area (Å²) >= 11 is 0. The summed E-state index contributed by atoms with van der Waals surface area (Å²) in [6.45, 7) is -0.437. The van der Waals surface area contributed by atoms with Gasteiger partial charge in [-0.05, 0) is 25.0 Å². The number of para-hydroxylation sites is 2. The molecule has 0 spiro atoms. The minimum atomic E-state index is -0.931. The average molecular weight is 385 g/mol. The summed E-state index contributed by atoms with van der Waals surface area (Å²) < 4.78 is 11.0. The molecule has 1 aliphatic carbocycles. The van der Waals surface area contributed by atoms with Crippen molar-refractivity contribution in [3.8, 4) is 11.5 Å². The predicted octanol–water partition coefficient (Wildman–Crippen LogP) is -0.0750. The van der Waals surface area contributed by atoms with Crippen LogP contribution in [-0.2, 0) is 19.2 Å². The Kier molecular flexibility index (Phi) is 4.72. The maximum Gasteiger partial charge on any atom is 0.283 e. The minimum absolute atomic E-state index is 0.00181. The summed E-state index contributed by atoms with van der Waals surface area (Å²) in [7, 11) is 0. The Labute approximate surface area is 160 Å². The maximum atomic E-state index is 12.4. The molecule has 0 radical (unpaired) electrons. The minimum Gasteiger partial charge on any atom is -0.485 e. The van der Waals surface area contributed by atoms with E-state index >= 15 is 0 Å². The van der Waals surface area contributed by atoms with Crippen LogP contribution in [0.4, 0.5) is 0 Å². The molecule has 1 fully saturated rings. The molecule has 9 nitrogen and oxygen atoms in total. The van der Waals surface area contributed by atoms with E-state index in [1.54, 1.807) is 24.3 Å². The third kappa shape index (κ3) is 3.30. The van der Waals surface area contributed by atoms with Crippen molar-refractivity contribution in [1.29, 1.82) is 0 Å². The number of nitrogens with zero attached hydrogens (tertiary/aromatic N) is 1. The van der Waals surface area contributed by atoms with Crippen LogP contribution < -0.4 is 20.3 Å². The van der Waals surface area contributed by atoms with Gasteiger partial charge < -0.3 is 9.47 Å². The number of hydrazine groups is 1. The van der Waals surface area contributed by atoms with E-state index < -0.39 is 36.3 Å². The first-order valence-corrected chi connectivity index (χ1v) is 9.02. The van der Waals surface area contributed by atoms with Crippen LogP contribution in [-0.4, -0.2) is 47.8 Å². The van der Waals surface area contributed by atoms with Gasteiger partial charge in [-0.3, -0.25) is 34.9 Å². The summed E-state index contributed by atoms with van der Waals surface area (Å²) in [5.74, 6) is -1.77. The highest BCUT2D eigenvalue weighted by atomic mass is 16.6. The average Bonchev–Trinajstić information content (AvgIpc) is 2.97. The lowest BCUT2D eigenvalue weighted by molar-refractivity contribution is -0.144. The van der Waals surface area contributed by atoms with Crippen molar-refractivity contribution >= 4 is 23.6 Å². The summed E-state index contributed by atoms with van der Waals surface area (Å²) in [6, 6.07) is 6.94. The predicted molar refractivity (Wildman–Crippen MR) is 94.7 cm³/mol. The molecule has 0 aromatic heterocycles. The zero-order valence-electron chi connectivity index (χ0n) is 14.9. The molecule has 9 heteroatoms. The summed E-state index contributed by atoms with van der Waals surface area (Å²) in [6.07, 6.45) is 3.83. The highest BCUT2D eigenvalue weighted by Crippen LogP contribution is 2.34. The SMILES string of the molecule is O=C(CN1C(=O)[C@@H]2CC=CC[C@H]2C1=O)NNC(=O)[C@H]1COc2ccccc2O1. The molecule has 2 aliphatic heterocycles. The van der Waals surface area contributed by atoms with E-state index in [2.05, 4.69) is 10.9 Å². The number of nitrogens with one attached hydrogen (secondary N) is 2. The van der Waals surface area contributed by atoms with Crippen molar-refractivity contribution in [3.05, 3.63) is 36.4 Å². The number of allylic oxidation sites excluding steroid dienone is 2. The van der Waals surface area contributed by atoms with Crippen molar-refractivity contribution in [2.75, 3.05) is 13.2 Å². The lowest BCUT2D eigenvalue weighted by Gasteiger charge is -2.25. The number of amides is 4. The molecule has 28 heavy (non-hydrogen) atoms. The number of benzene rings is 1. The van der Waals surface area contributed by atoms with Gasteiger partial charge in [-0.15, -0.1) is 0 Å². The first kappa shape index (κ1) is 18.0. The molecule has 1 aromatic carbocycles. The highest BCUT2D eigenvalue weighted by molar-refractivity contribution is 6.07. The van der Waals surface area contributed by atoms with Crippen LogP contribution in [0, 0.1) is 11.8 Å². The standard InChI is InChI=1S/C19H19N3O6/c23-16(9-22-18(25)11-5-1-2-6-12(11)19(22)26)20-21-17(24)15-10-27-13-7-3-4-8-14(13)28-15/h1-4,7-8,11-12,15H,5-6,9-10H2,(H,20,23)(H,21,24)/t11-,12-,15-/m1/s1. The van der Waals surface area contributed by atoms with Gasteiger partial charge in [-0.25, -0.2) is 0 Å². The van der Waals surface area contributed by atoms with E-state index in [1.165, 1.54) is 0 Å². The van der Waals surface area contributed by atoms with E-state index in [-0.39, 0.29) is 18.4 Å². The molecule has 0 saturated carbocycles. The molecule has 2 N–H and O–H groups in total. The van der Waals surface area contributed by atoms with Crippen molar-refractivity contribution < 1.29 is 28.7 Å². The Bertz CT molecular complexity index is 841. The third-order valence-electron chi connectivity index (χ3n) is 5.03. The second kappa shape index (κ2) is 7.34. The number of hydrogen-bond donors (Lipinski definition) is 2. The Morgan fingerprint density at radius 3 is 2.32 bits per heavy atom. The number of carbonyl (C=O) groups excluding carboxylic acids is 4. The molecule has 1 aromatic rings. The quantitative estimate of drug-likeness (QED) is 0.428. The van der Waals surface area contributed by atoms with Crippen LogP contribution in [0.2, 0.25) is 0 Å². The summed E-state index contributed by atoms with van der Waals surface area (Å²) in [4.78, 5) is 50.0. The van der Waals surface area contributed by atoms with Gasteiger partial charge in [0.05, 0.1) is 11.8 Å². The van der Waals surface area contributed by atoms with Gasteiger partial charge >= 0.3 is 0 Å². The van der Waals surface area contributed by atoms with Gasteiger partial charge in [0, 0.05) is 0 Å². The number of hydrogen-bond acceptors (Lipinski definition) is 6. The second-order valence-corrected chi connectivity index (χ2v) is 6.82. The van der Waals surface area contributed by atoms with Crippen LogP contribution in [0.25, 0.3) is 0 Å². The first-order valence-electron chi connectivity index (χ1n) is 9.02. The number of carbonyl (C=O) groups is 4. The van der Waals surface area contributed by atoms with E-state index in [9.17, 15) is 19.2 Å². The van der Waals surface area contributed by atoms with E-state index in [0.29, 0.717) is 24.3 Å². The van der Waals surface area contributed by atoms with Crippen LogP contribution in [0.1, 0.15) is 12.8 Å². The fourth-order valence-electron chi connectivity index (χ4n) is 3.57. The smallest absolute Gasteiger partial charge is 0.283 e. The van der Waals surface area contributed by atoms with Crippen LogP contribution in [0.5, 0.6) is 11.5 Å². The molecular weight excluding hydrogens is 366 g/mol. The number of imide groups is 1. The molecule has 2 heterocycles. The van der Waals surface area contributed by atoms with Gasteiger partial charge in [-0.2, -0.15) is 0 Å². The van der Waals surface area contributed by atoms with E-state index in [0.717, 1.165) is 4.90 Å². The fourth-order valence-corrected chi connectivity index (χ4v) is 3.57. The second-order valence-electron chi connectivity index (χ2n) is 6.82. The number of fused-ring (bicyclic) bond motifs is 2. The van der Waals surface area contributed by atoms with Crippen molar-refractivity contribution in [2.45, 2.75) is 18.9 Å². The maximum absolute atomic E-state index is 12.4. The van der Waals surface area contributed by atoms with Crippen LogP contribution >= 0.6 is 0 Å². The van der Waals surface area contributed by atoms with Gasteiger partial charge in [-0.1, -0.05) is 24.3 Å². The molecule has 0 bridgehead atoms.